The number of amides is 2. The normalized spacial score (nSPS) is 13.7. The first-order valence-corrected chi connectivity index (χ1v) is 10.5. The Bertz CT molecular complexity index is 858. The molecule has 0 radical (unpaired) electrons. The topological polar surface area (TPSA) is 113 Å². The third-order valence-corrected chi connectivity index (χ3v) is 5.59. The van der Waals surface area contributed by atoms with E-state index in [1.54, 1.807) is 30.3 Å². The van der Waals surface area contributed by atoms with Crippen LogP contribution in [0.25, 0.3) is 0 Å². The van der Waals surface area contributed by atoms with Gasteiger partial charge in [-0.15, -0.1) is 0 Å². The van der Waals surface area contributed by atoms with Gasteiger partial charge in [0.1, 0.15) is 12.1 Å². The molecule has 0 bridgehead atoms. The van der Waals surface area contributed by atoms with E-state index in [-0.39, 0.29) is 18.6 Å². The summed E-state index contributed by atoms with van der Waals surface area (Å²) in [6, 6.07) is 15.7. The molecule has 0 spiro atoms. The number of rotatable bonds is 10. The summed E-state index contributed by atoms with van der Waals surface area (Å²) in [6.45, 7) is 1.29. The van der Waals surface area contributed by atoms with Crippen LogP contribution in [-0.2, 0) is 31.6 Å². The summed E-state index contributed by atoms with van der Waals surface area (Å²) in [4.78, 5) is 36.3. The van der Waals surface area contributed by atoms with Crippen molar-refractivity contribution in [2.24, 2.45) is 0 Å². The number of carboxylic acid groups (broad SMARTS) is 1. The van der Waals surface area contributed by atoms with Crippen LogP contribution in [0.1, 0.15) is 18.9 Å². The molecule has 3 atom stereocenters. The molecular weight excluding hydrogens is 392 g/mol. The molecule has 0 aliphatic rings. The van der Waals surface area contributed by atoms with Crippen LogP contribution in [0.3, 0.4) is 0 Å². The number of hydrogen-bond acceptors (Lipinski definition) is 4. The van der Waals surface area contributed by atoms with Crippen molar-refractivity contribution in [3.05, 3.63) is 66.2 Å². The van der Waals surface area contributed by atoms with Gasteiger partial charge in [-0.1, -0.05) is 48.5 Å². The van der Waals surface area contributed by atoms with Gasteiger partial charge < -0.3 is 15.7 Å². The number of hydrogen-bond donors (Lipinski definition) is 3. The van der Waals surface area contributed by atoms with E-state index in [1.165, 1.54) is 6.92 Å². The largest absolute Gasteiger partial charge is 0.480 e. The second-order valence-electron chi connectivity index (χ2n) is 6.49. The molecule has 0 aromatic heterocycles. The van der Waals surface area contributed by atoms with E-state index in [2.05, 4.69) is 10.6 Å². The van der Waals surface area contributed by atoms with Crippen LogP contribution in [0.4, 0.5) is 0 Å². The molecule has 0 aliphatic heterocycles. The fraction of sp³-hybridized carbons (Fsp3) is 0.286. The van der Waals surface area contributed by atoms with Crippen molar-refractivity contribution in [2.45, 2.75) is 36.7 Å². The van der Waals surface area contributed by atoms with E-state index in [4.69, 9.17) is 0 Å². The molecule has 0 fully saturated rings. The molecule has 2 aromatic carbocycles. The molecule has 0 saturated heterocycles. The predicted octanol–water partition coefficient (Wildman–Crippen LogP) is 1.50. The van der Waals surface area contributed by atoms with Crippen LogP contribution in [0.5, 0.6) is 0 Å². The van der Waals surface area contributed by atoms with Crippen molar-refractivity contribution in [1.82, 2.24) is 10.6 Å². The summed E-state index contributed by atoms with van der Waals surface area (Å²) < 4.78 is 12.3. The van der Waals surface area contributed by atoms with Gasteiger partial charge in [0.05, 0.1) is 10.8 Å². The molecule has 2 rings (SSSR count). The zero-order valence-corrected chi connectivity index (χ0v) is 16.9. The van der Waals surface area contributed by atoms with Crippen LogP contribution in [0.15, 0.2) is 65.6 Å². The highest BCUT2D eigenvalue weighted by Gasteiger charge is 2.26. The van der Waals surface area contributed by atoms with E-state index in [1.807, 2.05) is 30.3 Å². The van der Waals surface area contributed by atoms with Crippen LogP contribution < -0.4 is 10.6 Å². The average molecular weight is 416 g/mol. The predicted molar refractivity (Wildman–Crippen MR) is 110 cm³/mol. The Hall–Kier alpha value is -3.00. The third-order valence-electron chi connectivity index (χ3n) is 4.19. The highest BCUT2D eigenvalue weighted by atomic mass is 32.2. The van der Waals surface area contributed by atoms with Crippen molar-refractivity contribution < 1.29 is 23.7 Å². The lowest BCUT2D eigenvalue weighted by Gasteiger charge is -2.21. The summed E-state index contributed by atoms with van der Waals surface area (Å²) in [5.41, 5.74) is 0.832. The maximum Gasteiger partial charge on any atom is 0.326 e. The van der Waals surface area contributed by atoms with Gasteiger partial charge in [-0.25, -0.2) is 4.79 Å². The van der Waals surface area contributed by atoms with Gasteiger partial charge in [-0.2, -0.15) is 0 Å². The van der Waals surface area contributed by atoms with Crippen molar-refractivity contribution in [3.63, 3.8) is 0 Å². The van der Waals surface area contributed by atoms with Crippen LogP contribution in [0, 0.1) is 0 Å². The molecule has 8 heteroatoms. The molecule has 0 saturated carbocycles. The number of carbonyl (C=O) groups is 3. The van der Waals surface area contributed by atoms with Crippen LogP contribution in [-0.4, -0.2) is 44.9 Å². The van der Waals surface area contributed by atoms with Gasteiger partial charge in [-0.05, 0) is 24.1 Å². The number of nitrogens with one attached hydrogen (secondary N) is 2. The number of benzene rings is 2. The lowest BCUT2D eigenvalue weighted by atomic mass is 10.0. The van der Waals surface area contributed by atoms with Gasteiger partial charge in [0.25, 0.3) is 0 Å². The third kappa shape index (κ3) is 7.50. The Labute approximate surface area is 172 Å². The fourth-order valence-electron chi connectivity index (χ4n) is 2.75. The molecule has 0 aliphatic carbocycles. The Balaban J connectivity index is 2.02. The van der Waals surface area contributed by atoms with E-state index < -0.39 is 40.7 Å². The first kappa shape index (κ1) is 22.3. The summed E-state index contributed by atoms with van der Waals surface area (Å²) in [6.07, 6.45) is 0.231. The zero-order chi connectivity index (χ0) is 21.2. The molecule has 2 aromatic rings. The molecule has 0 unspecified atom stereocenters. The SMILES string of the molecule is CC(=O)N[C@@H](Cc1ccccc1)C(=O)N[C@@H](CC[S@@](=O)c1ccccc1)C(=O)O. The monoisotopic (exact) mass is 416 g/mol. The van der Waals surface area contributed by atoms with Gasteiger partial charge in [0.2, 0.25) is 11.8 Å². The van der Waals surface area contributed by atoms with Crippen molar-refractivity contribution in [3.8, 4) is 0 Å². The van der Waals surface area contributed by atoms with E-state index in [0.29, 0.717) is 4.90 Å². The maximum atomic E-state index is 12.6. The van der Waals surface area contributed by atoms with Crippen molar-refractivity contribution in [1.29, 1.82) is 0 Å². The minimum Gasteiger partial charge on any atom is -0.480 e. The second kappa shape index (κ2) is 11.1. The summed E-state index contributed by atoms with van der Waals surface area (Å²) >= 11 is 0. The number of carboxylic acids is 1. The second-order valence-corrected chi connectivity index (χ2v) is 8.06. The van der Waals surface area contributed by atoms with Crippen molar-refractivity contribution >= 4 is 28.6 Å². The fourth-order valence-corrected chi connectivity index (χ4v) is 3.90. The molecule has 0 heterocycles. The Morgan fingerprint density at radius 1 is 0.931 bits per heavy atom. The van der Waals surface area contributed by atoms with E-state index >= 15 is 0 Å². The molecule has 29 heavy (non-hydrogen) atoms. The van der Waals surface area contributed by atoms with Gasteiger partial charge >= 0.3 is 5.97 Å². The molecule has 7 nitrogen and oxygen atoms in total. The van der Waals surface area contributed by atoms with Gasteiger partial charge in [0.15, 0.2) is 0 Å². The first-order chi connectivity index (χ1) is 13.9. The summed E-state index contributed by atoms with van der Waals surface area (Å²) in [5, 5.41) is 14.5. The lowest BCUT2D eigenvalue weighted by molar-refractivity contribution is -0.142. The first-order valence-electron chi connectivity index (χ1n) is 9.14. The smallest absolute Gasteiger partial charge is 0.326 e. The molecular formula is C21H24N2O5S. The average Bonchev–Trinajstić information content (AvgIpc) is 2.71. The van der Waals surface area contributed by atoms with Crippen LogP contribution >= 0.6 is 0 Å². The van der Waals surface area contributed by atoms with Gasteiger partial charge in [-0.3, -0.25) is 13.8 Å². The van der Waals surface area contributed by atoms with E-state index in [9.17, 15) is 23.7 Å². The molecule has 2 amide bonds. The minimum absolute atomic E-state index is 0.000702. The van der Waals surface area contributed by atoms with E-state index in [0.717, 1.165) is 5.56 Å². The highest BCUT2D eigenvalue weighted by molar-refractivity contribution is 7.85. The number of aliphatic carboxylic acids is 1. The Morgan fingerprint density at radius 2 is 1.52 bits per heavy atom. The Kier molecular flexibility index (Phi) is 8.54. The number of carbonyl (C=O) groups excluding carboxylic acids is 2. The quantitative estimate of drug-likeness (QED) is 0.543. The summed E-state index contributed by atoms with van der Waals surface area (Å²) in [5.74, 6) is -2.12. The molecule has 3 N–H and O–H groups in total. The molecule has 154 valence electrons. The van der Waals surface area contributed by atoms with Gasteiger partial charge in [0, 0.05) is 24.0 Å². The minimum atomic E-state index is -1.37. The van der Waals surface area contributed by atoms with Crippen molar-refractivity contribution in [2.75, 3.05) is 5.75 Å². The zero-order valence-electron chi connectivity index (χ0n) is 16.0. The standard InChI is InChI=1S/C21H24N2O5S/c1-15(24)22-19(14-16-8-4-2-5-9-16)20(25)23-18(21(26)27)12-13-29(28)17-10-6-3-7-11-17/h2-11,18-19H,12-14H2,1H3,(H,22,24)(H,23,25)(H,26,27)/t18-,19-,29+/m0/s1. The van der Waals surface area contributed by atoms with Crippen LogP contribution in [0.2, 0.25) is 0 Å². The summed E-state index contributed by atoms with van der Waals surface area (Å²) in [7, 11) is -1.37. The highest BCUT2D eigenvalue weighted by Crippen LogP contribution is 2.09. The Morgan fingerprint density at radius 3 is 2.07 bits per heavy atom. The lowest BCUT2D eigenvalue weighted by Crippen LogP contribution is -2.52. The maximum absolute atomic E-state index is 12.6.